The Labute approximate surface area is 127 Å². The van der Waals surface area contributed by atoms with Crippen molar-refractivity contribution >= 4 is 0 Å². The van der Waals surface area contributed by atoms with Crippen molar-refractivity contribution in [3.05, 3.63) is 71.3 Å². The molecule has 0 aliphatic carbocycles. The smallest absolute Gasteiger partial charge is 0.0366 e. The number of nitrogens with zero attached hydrogens (tertiary/aromatic N) is 1. The number of hydrogen-bond donors (Lipinski definition) is 1. The Morgan fingerprint density at radius 3 is 2.62 bits per heavy atom. The second-order valence-electron chi connectivity index (χ2n) is 5.73. The molecule has 0 saturated carbocycles. The standard InChI is InChI=1S/C19H24N2/c1-2-21(15-16-8-4-3-5-9-16)19-12-13-20-14-17-10-6-7-11-18(17)19/h3-11,19-20H,2,12-15H2,1H3. The molecule has 1 heterocycles. The third kappa shape index (κ3) is 3.34. The van der Waals surface area contributed by atoms with Crippen LogP contribution in [0.2, 0.25) is 0 Å². The molecule has 2 aromatic carbocycles. The first-order valence-electron chi connectivity index (χ1n) is 7.95. The summed E-state index contributed by atoms with van der Waals surface area (Å²) in [4.78, 5) is 2.60. The highest BCUT2D eigenvalue weighted by atomic mass is 15.2. The lowest BCUT2D eigenvalue weighted by atomic mass is 9.97. The Bertz CT molecular complexity index is 565. The molecule has 0 radical (unpaired) electrons. The predicted molar refractivity (Wildman–Crippen MR) is 88.0 cm³/mol. The molecule has 1 aliphatic heterocycles. The van der Waals surface area contributed by atoms with E-state index in [-0.39, 0.29) is 0 Å². The monoisotopic (exact) mass is 280 g/mol. The van der Waals surface area contributed by atoms with E-state index in [1.54, 1.807) is 0 Å². The zero-order valence-corrected chi connectivity index (χ0v) is 12.8. The van der Waals surface area contributed by atoms with Gasteiger partial charge in [-0.2, -0.15) is 0 Å². The van der Waals surface area contributed by atoms with Crippen LogP contribution in [0.3, 0.4) is 0 Å². The molecule has 21 heavy (non-hydrogen) atoms. The van der Waals surface area contributed by atoms with Crippen molar-refractivity contribution in [3.8, 4) is 0 Å². The maximum absolute atomic E-state index is 3.55. The fourth-order valence-corrected chi connectivity index (χ4v) is 3.28. The lowest BCUT2D eigenvalue weighted by Gasteiger charge is -2.31. The molecule has 110 valence electrons. The molecule has 1 unspecified atom stereocenters. The SMILES string of the molecule is CCN(Cc1ccccc1)C1CCNCc2ccccc21. The van der Waals surface area contributed by atoms with Crippen molar-refractivity contribution in [2.45, 2.75) is 32.5 Å². The lowest BCUT2D eigenvalue weighted by Crippen LogP contribution is -2.29. The maximum Gasteiger partial charge on any atom is 0.0366 e. The molecular formula is C19H24N2. The topological polar surface area (TPSA) is 15.3 Å². The van der Waals surface area contributed by atoms with E-state index in [0.29, 0.717) is 6.04 Å². The van der Waals surface area contributed by atoms with Gasteiger partial charge in [0.2, 0.25) is 0 Å². The molecule has 0 spiro atoms. The summed E-state index contributed by atoms with van der Waals surface area (Å²) < 4.78 is 0. The van der Waals surface area contributed by atoms with Crippen LogP contribution in [-0.2, 0) is 13.1 Å². The molecule has 0 saturated heterocycles. The Morgan fingerprint density at radius 1 is 1.05 bits per heavy atom. The van der Waals surface area contributed by atoms with Crippen LogP contribution in [0, 0.1) is 0 Å². The van der Waals surface area contributed by atoms with Crippen LogP contribution in [-0.4, -0.2) is 18.0 Å². The largest absolute Gasteiger partial charge is 0.313 e. The van der Waals surface area contributed by atoms with Gasteiger partial charge >= 0.3 is 0 Å². The zero-order valence-electron chi connectivity index (χ0n) is 12.8. The van der Waals surface area contributed by atoms with Crippen LogP contribution < -0.4 is 5.32 Å². The molecule has 2 heteroatoms. The number of rotatable bonds is 4. The van der Waals surface area contributed by atoms with Gasteiger partial charge in [-0.05, 0) is 36.2 Å². The maximum atomic E-state index is 3.55. The van der Waals surface area contributed by atoms with Gasteiger partial charge < -0.3 is 5.32 Å². The molecule has 1 N–H and O–H groups in total. The second kappa shape index (κ2) is 6.88. The first kappa shape index (κ1) is 14.3. The molecular weight excluding hydrogens is 256 g/mol. The van der Waals surface area contributed by atoms with E-state index in [1.165, 1.54) is 23.1 Å². The van der Waals surface area contributed by atoms with Crippen molar-refractivity contribution in [2.24, 2.45) is 0 Å². The summed E-state index contributed by atoms with van der Waals surface area (Å²) in [5, 5.41) is 3.55. The van der Waals surface area contributed by atoms with Gasteiger partial charge in [0.05, 0.1) is 0 Å². The Balaban J connectivity index is 1.86. The van der Waals surface area contributed by atoms with Crippen LogP contribution in [0.5, 0.6) is 0 Å². The highest BCUT2D eigenvalue weighted by molar-refractivity contribution is 5.31. The van der Waals surface area contributed by atoms with Gasteiger partial charge in [0.1, 0.15) is 0 Å². The van der Waals surface area contributed by atoms with Crippen LogP contribution in [0.4, 0.5) is 0 Å². The second-order valence-corrected chi connectivity index (χ2v) is 5.73. The number of benzene rings is 2. The van der Waals surface area contributed by atoms with Crippen molar-refractivity contribution in [1.82, 2.24) is 10.2 Å². The van der Waals surface area contributed by atoms with Gasteiger partial charge in [0.25, 0.3) is 0 Å². The van der Waals surface area contributed by atoms with Gasteiger partial charge in [-0.15, -0.1) is 0 Å². The molecule has 0 amide bonds. The Kier molecular flexibility index (Phi) is 4.69. The summed E-state index contributed by atoms with van der Waals surface area (Å²) in [6.45, 7) is 6.45. The van der Waals surface area contributed by atoms with E-state index in [9.17, 15) is 0 Å². The fourth-order valence-electron chi connectivity index (χ4n) is 3.28. The number of hydrogen-bond acceptors (Lipinski definition) is 2. The van der Waals surface area contributed by atoms with E-state index in [2.05, 4.69) is 71.7 Å². The summed E-state index contributed by atoms with van der Waals surface area (Å²) in [7, 11) is 0. The summed E-state index contributed by atoms with van der Waals surface area (Å²) >= 11 is 0. The van der Waals surface area contributed by atoms with Crippen LogP contribution >= 0.6 is 0 Å². The molecule has 0 bridgehead atoms. The molecule has 0 fully saturated rings. The predicted octanol–water partition coefficient (Wildman–Crippen LogP) is 3.74. The van der Waals surface area contributed by atoms with Crippen molar-refractivity contribution < 1.29 is 0 Å². The van der Waals surface area contributed by atoms with Crippen LogP contribution in [0.25, 0.3) is 0 Å². The lowest BCUT2D eigenvalue weighted by molar-refractivity contribution is 0.190. The van der Waals surface area contributed by atoms with Gasteiger partial charge in [-0.3, -0.25) is 4.90 Å². The van der Waals surface area contributed by atoms with Crippen LogP contribution in [0.15, 0.2) is 54.6 Å². The summed E-state index contributed by atoms with van der Waals surface area (Å²) in [5.41, 5.74) is 4.35. The molecule has 3 rings (SSSR count). The Morgan fingerprint density at radius 2 is 1.81 bits per heavy atom. The Hall–Kier alpha value is -1.64. The van der Waals surface area contributed by atoms with Crippen LogP contribution in [0.1, 0.15) is 36.1 Å². The highest BCUT2D eigenvalue weighted by Gasteiger charge is 2.23. The average Bonchev–Trinajstić information content (AvgIpc) is 2.76. The van der Waals surface area contributed by atoms with Crippen molar-refractivity contribution in [2.75, 3.05) is 13.1 Å². The van der Waals surface area contributed by atoms with E-state index in [4.69, 9.17) is 0 Å². The zero-order chi connectivity index (χ0) is 14.5. The van der Waals surface area contributed by atoms with Gasteiger partial charge in [0.15, 0.2) is 0 Å². The quantitative estimate of drug-likeness (QED) is 0.917. The van der Waals surface area contributed by atoms with E-state index in [1.807, 2.05) is 0 Å². The van der Waals surface area contributed by atoms with E-state index >= 15 is 0 Å². The third-order valence-corrected chi connectivity index (χ3v) is 4.40. The van der Waals surface area contributed by atoms with Crippen molar-refractivity contribution in [1.29, 1.82) is 0 Å². The van der Waals surface area contributed by atoms with Crippen molar-refractivity contribution in [3.63, 3.8) is 0 Å². The minimum Gasteiger partial charge on any atom is -0.313 e. The first-order valence-corrected chi connectivity index (χ1v) is 7.95. The van der Waals surface area contributed by atoms with E-state index in [0.717, 1.165) is 26.2 Å². The summed E-state index contributed by atoms with van der Waals surface area (Å²) in [5.74, 6) is 0. The molecule has 0 aromatic heterocycles. The summed E-state index contributed by atoms with van der Waals surface area (Å²) in [6.07, 6.45) is 1.18. The fraction of sp³-hybridized carbons (Fsp3) is 0.368. The minimum absolute atomic E-state index is 0.515. The first-order chi connectivity index (χ1) is 10.4. The summed E-state index contributed by atoms with van der Waals surface area (Å²) in [6, 6.07) is 20.2. The van der Waals surface area contributed by atoms with E-state index < -0.39 is 0 Å². The van der Waals surface area contributed by atoms with Gasteiger partial charge in [-0.25, -0.2) is 0 Å². The molecule has 1 aliphatic rings. The molecule has 2 nitrogen and oxygen atoms in total. The number of fused-ring (bicyclic) bond motifs is 1. The molecule has 2 aromatic rings. The highest BCUT2D eigenvalue weighted by Crippen LogP contribution is 2.30. The average molecular weight is 280 g/mol. The number of nitrogens with one attached hydrogen (secondary N) is 1. The normalized spacial score (nSPS) is 18.3. The van der Waals surface area contributed by atoms with Gasteiger partial charge in [-0.1, -0.05) is 61.5 Å². The minimum atomic E-state index is 0.515. The molecule has 1 atom stereocenters. The van der Waals surface area contributed by atoms with Gasteiger partial charge in [0, 0.05) is 19.1 Å². The third-order valence-electron chi connectivity index (χ3n) is 4.40.